The first-order chi connectivity index (χ1) is 9.62. The Kier molecular flexibility index (Phi) is 9.12. The van der Waals surface area contributed by atoms with Crippen molar-refractivity contribution < 1.29 is 96.3 Å². The van der Waals surface area contributed by atoms with Crippen LogP contribution in [0.3, 0.4) is 0 Å². The Labute approximate surface area is 168 Å². The molecule has 0 aromatic heterocycles. The van der Waals surface area contributed by atoms with Gasteiger partial charge in [0.25, 0.3) is 0 Å². The molecule has 122 valence electrons. The van der Waals surface area contributed by atoms with Crippen LogP contribution in [0.15, 0.2) is 0 Å². The van der Waals surface area contributed by atoms with Crippen LogP contribution in [0.1, 0.15) is 13.3 Å². The molecule has 0 radical (unpaired) electrons. The molecule has 1 amide bonds. The third-order valence-corrected chi connectivity index (χ3v) is 3.19. The van der Waals surface area contributed by atoms with E-state index in [0.717, 1.165) is 6.92 Å². The fourth-order valence-electron chi connectivity index (χ4n) is 2.13. The maximum Gasteiger partial charge on any atom is 1.00 e. The van der Waals surface area contributed by atoms with E-state index >= 15 is 0 Å². The Morgan fingerprint density at radius 3 is 2.41 bits per heavy atom. The molecule has 0 aromatic carbocycles. The van der Waals surface area contributed by atoms with Gasteiger partial charge >= 0.3 is 51.4 Å². The van der Waals surface area contributed by atoms with Gasteiger partial charge in [0.2, 0.25) is 11.7 Å². The average molecular weight is 347 g/mol. The van der Waals surface area contributed by atoms with E-state index < -0.39 is 61.1 Å². The summed E-state index contributed by atoms with van der Waals surface area (Å²) in [5.41, 5.74) is 0. The van der Waals surface area contributed by atoms with Crippen molar-refractivity contribution in [2.45, 2.75) is 49.6 Å². The molecule has 6 atom stereocenters. The van der Waals surface area contributed by atoms with Crippen LogP contribution >= 0.6 is 0 Å². The van der Waals surface area contributed by atoms with E-state index in [-0.39, 0.29) is 51.4 Å². The van der Waals surface area contributed by atoms with Crippen LogP contribution in [0.25, 0.3) is 0 Å². The molecule has 6 N–H and O–H groups in total. The molecule has 1 saturated heterocycles. The third kappa shape index (κ3) is 5.17. The Morgan fingerprint density at radius 1 is 1.45 bits per heavy atom. The van der Waals surface area contributed by atoms with Gasteiger partial charge in [0, 0.05) is 13.3 Å². The molecule has 11 heteroatoms. The van der Waals surface area contributed by atoms with E-state index in [1.807, 2.05) is 0 Å². The van der Waals surface area contributed by atoms with Gasteiger partial charge in [0.15, 0.2) is 0 Å². The molecule has 1 unspecified atom stereocenters. The van der Waals surface area contributed by atoms with Crippen molar-refractivity contribution in [2.75, 3.05) is 6.61 Å². The predicted octanol–water partition coefficient (Wildman–Crippen LogP) is -8.20. The number of amides is 1. The van der Waals surface area contributed by atoms with E-state index in [1.54, 1.807) is 0 Å². The molecule has 0 bridgehead atoms. The number of nitrogens with one attached hydrogen (secondary N) is 1. The molecule has 1 aliphatic rings. The first-order valence-electron chi connectivity index (χ1n) is 6.16. The molecule has 1 fully saturated rings. The number of carboxylic acids is 1. The third-order valence-electron chi connectivity index (χ3n) is 3.19. The van der Waals surface area contributed by atoms with Gasteiger partial charge in [0.05, 0.1) is 18.8 Å². The molecule has 0 aliphatic carbocycles. The number of aliphatic hydroxyl groups is 5. The zero-order valence-corrected chi connectivity index (χ0v) is 15.3. The second kappa shape index (κ2) is 8.99. The zero-order valence-electron chi connectivity index (χ0n) is 12.2. The van der Waals surface area contributed by atoms with E-state index in [9.17, 15) is 35.1 Å². The minimum atomic E-state index is -2.89. The Bertz CT molecular complexity index is 409. The number of hydrogen-bond donors (Lipinski definition) is 6. The van der Waals surface area contributed by atoms with Gasteiger partial charge in [-0.3, -0.25) is 4.79 Å². The number of aliphatic carboxylic acids is 1. The van der Waals surface area contributed by atoms with Crippen molar-refractivity contribution in [3.8, 4) is 0 Å². The van der Waals surface area contributed by atoms with E-state index in [1.165, 1.54) is 0 Å². The SMILES string of the molecule is CC(=O)N[C@H]1[C@H]([C@H](O)[C@H](O)CO)OC(O)(C(=O)[O-])C[C@@H]1O.[K+]. The molecule has 0 saturated carbocycles. The Balaban J connectivity index is 0.00000441. The van der Waals surface area contributed by atoms with Gasteiger partial charge in [-0.25, -0.2) is 0 Å². The summed E-state index contributed by atoms with van der Waals surface area (Å²) in [7, 11) is 0. The first-order valence-corrected chi connectivity index (χ1v) is 6.16. The van der Waals surface area contributed by atoms with Crippen molar-refractivity contribution >= 4 is 11.9 Å². The molecule has 0 spiro atoms. The Morgan fingerprint density at radius 2 is 2.00 bits per heavy atom. The number of hydrogen-bond acceptors (Lipinski definition) is 9. The van der Waals surface area contributed by atoms with Crippen LogP contribution in [-0.4, -0.2) is 80.3 Å². The van der Waals surface area contributed by atoms with E-state index in [4.69, 9.17) is 9.84 Å². The topological polar surface area (TPSA) is 180 Å². The Hall–Kier alpha value is 0.336. The van der Waals surface area contributed by atoms with Crippen LogP contribution in [0.2, 0.25) is 0 Å². The van der Waals surface area contributed by atoms with Crippen molar-refractivity contribution in [1.82, 2.24) is 5.32 Å². The standard InChI is InChI=1S/C11H19NO9.K/c1-4(14)12-7-5(15)2-11(20,10(18)19)21-9(7)8(17)6(16)3-13;/h5-9,13,15-17,20H,2-3H2,1H3,(H,12,14)(H,18,19);/q;+1/p-1/t5-,6+,7+,8+,9+,11?;/m0./s1. The van der Waals surface area contributed by atoms with Crippen molar-refractivity contribution in [1.29, 1.82) is 0 Å². The van der Waals surface area contributed by atoms with Crippen molar-refractivity contribution in [2.24, 2.45) is 0 Å². The number of ether oxygens (including phenoxy) is 1. The minimum Gasteiger partial charge on any atom is -0.544 e. The molecule has 10 nitrogen and oxygen atoms in total. The van der Waals surface area contributed by atoms with Gasteiger partial charge in [-0.15, -0.1) is 0 Å². The smallest absolute Gasteiger partial charge is 0.544 e. The van der Waals surface area contributed by atoms with E-state index in [0.29, 0.717) is 0 Å². The molecule has 0 aromatic rings. The summed E-state index contributed by atoms with van der Waals surface area (Å²) >= 11 is 0. The maximum atomic E-state index is 11.1. The van der Waals surface area contributed by atoms with Crippen molar-refractivity contribution in [3.05, 3.63) is 0 Å². The van der Waals surface area contributed by atoms with Crippen LogP contribution < -0.4 is 61.8 Å². The van der Waals surface area contributed by atoms with Gasteiger partial charge in [0.1, 0.15) is 24.3 Å². The summed E-state index contributed by atoms with van der Waals surface area (Å²) in [4.78, 5) is 22.0. The monoisotopic (exact) mass is 347 g/mol. The molecule has 22 heavy (non-hydrogen) atoms. The molecule has 1 aliphatic heterocycles. The summed E-state index contributed by atoms with van der Waals surface area (Å²) in [6, 6.07) is -1.29. The summed E-state index contributed by atoms with van der Waals surface area (Å²) in [5, 5.41) is 60.8. The number of rotatable bonds is 5. The molecule has 1 heterocycles. The number of carbonyl (C=O) groups is 2. The van der Waals surface area contributed by atoms with Gasteiger partial charge in [-0.2, -0.15) is 0 Å². The van der Waals surface area contributed by atoms with Gasteiger partial charge in [-0.1, -0.05) is 0 Å². The van der Waals surface area contributed by atoms with Crippen LogP contribution in [-0.2, 0) is 14.3 Å². The molecular weight excluding hydrogens is 329 g/mol. The fourth-order valence-corrected chi connectivity index (χ4v) is 2.13. The van der Waals surface area contributed by atoms with Crippen molar-refractivity contribution in [3.63, 3.8) is 0 Å². The van der Waals surface area contributed by atoms with Gasteiger partial charge < -0.3 is 45.5 Å². The van der Waals surface area contributed by atoms with Gasteiger partial charge in [-0.05, 0) is 0 Å². The quantitative estimate of drug-likeness (QED) is 0.263. The number of aliphatic hydroxyl groups excluding tert-OH is 4. The first kappa shape index (κ1) is 22.3. The summed E-state index contributed by atoms with van der Waals surface area (Å²) < 4.78 is 4.80. The second-order valence-corrected chi connectivity index (χ2v) is 4.89. The van der Waals surface area contributed by atoms with Crippen LogP contribution in [0.4, 0.5) is 0 Å². The normalized spacial score (nSPS) is 34.2. The van der Waals surface area contributed by atoms with Crippen LogP contribution in [0.5, 0.6) is 0 Å². The summed E-state index contributed by atoms with van der Waals surface area (Å²) in [6.45, 7) is 0.228. The van der Waals surface area contributed by atoms with E-state index in [2.05, 4.69) is 5.32 Å². The average Bonchev–Trinajstić information content (AvgIpc) is 2.39. The largest absolute Gasteiger partial charge is 1.00 e. The second-order valence-electron chi connectivity index (χ2n) is 4.89. The fraction of sp³-hybridized carbons (Fsp3) is 0.818. The minimum absolute atomic E-state index is 0. The maximum absolute atomic E-state index is 11.1. The number of carbonyl (C=O) groups excluding carboxylic acids is 2. The molecule has 1 rings (SSSR count). The molecular formula is C11H18KNO9. The van der Waals surface area contributed by atoms with Crippen LogP contribution in [0, 0.1) is 0 Å². The number of carboxylic acid groups (broad SMARTS) is 1. The predicted molar refractivity (Wildman–Crippen MR) is 62.2 cm³/mol. The summed E-state index contributed by atoms with van der Waals surface area (Å²) in [5.74, 6) is -5.55. The summed E-state index contributed by atoms with van der Waals surface area (Å²) in [6.07, 6.45) is -7.67. The zero-order chi connectivity index (χ0) is 16.4.